The molecule has 0 aliphatic carbocycles. The Kier molecular flexibility index (Phi) is 3.21. The summed E-state index contributed by atoms with van der Waals surface area (Å²) in [5.74, 6) is 0.607. The molecule has 0 spiro atoms. The van der Waals surface area contributed by atoms with Gasteiger partial charge in [0.2, 0.25) is 0 Å². The molecule has 1 aliphatic rings. The standard InChI is InChI=1S/C14H16FN3O/c1-16-12-9-17-14(18-5-7-19-8-6-18)10-3-2-4-11(15)13(10)12/h2-4,9,16H,5-8H2,1H3. The number of benzene rings is 1. The summed E-state index contributed by atoms with van der Waals surface area (Å²) in [4.78, 5) is 6.63. The second-order valence-electron chi connectivity index (χ2n) is 4.51. The summed E-state index contributed by atoms with van der Waals surface area (Å²) in [5, 5.41) is 4.44. The van der Waals surface area contributed by atoms with E-state index in [0.717, 1.165) is 24.3 Å². The lowest BCUT2D eigenvalue weighted by Gasteiger charge is -2.29. The van der Waals surface area contributed by atoms with Crippen LogP contribution in [0, 0.1) is 5.82 Å². The Balaban J connectivity index is 2.18. The van der Waals surface area contributed by atoms with Crippen LogP contribution in [0.3, 0.4) is 0 Å². The lowest BCUT2D eigenvalue weighted by atomic mass is 10.1. The molecule has 1 N–H and O–H groups in total. The molecule has 1 aromatic heterocycles. The van der Waals surface area contributed by atoms with Crippen molar-refractivity contribution >= 4 is 22.3 Å². The van der Waals surface area contributed by atoms with Crippen molar-refractivity contribution in [2.45, 2.75) is 0 Å². The maximum absolute atomic E-state index is 14.1. The molecular weight excluding hydrogens is 245 g/mol. The van der Waals surface area contributed by atoms with Gasteiger partial charge in [-0.05, 0) is 6.07 Å². The topological polar surface area (TPSA) is 37.4 Å². The SMILES string of the molecule is CNc1cnc(N2CCOCC2)c2cccc(F)c12. The third kappa shape index (κ3) is 2.10. The molecule has 1 aromatic carbocycles. The number of nitrogens with one attached hydrogen (secondary N) is 1. The number of hydrogen-bond donors (Lipinski definition) is 1. The van der Waals surface area contributed by atoms with Crippen LogP contribution >= 0.6 is 0 Å². The van der Waals surface area contributed by atoms with Crippen LogP contribution < -0.4 is 10.2 Å². The van der Waals surface area contributed by atoms with E-state index < -0.39 is 0 Å². The van der Waals surface area contributed by atoms with Crippen molar-refractivity contribution in [3.05, 3.63) is 30.2 Å². The molecule has 0 atom stereocenters. The minimum Gasteiger partial charge on any atom is -0.386 e. The molecule has 5 heteroatoms. The molecule has 1 saturated heterocycles. The minimum atomic E-state index is -0.223. The van der Waals surface area contributed by atoms with E-state index in [1.165, 1.54) is 6.07 Å². The Morgan fingerprint density at radius 2 is 2.11 bits per heavy atom. The summed E-state index contributed by atoms with van der Waals surface area (Å²) in [5.41, 5.74) is 0.713. The van der Waals surface area contributed by atoms with Crippen molar-refractivity contribution in [2.24, 2.45) is 0 Å². The minimum absolute atomic E-state index is 0.223. The van der Waals surface area contributed by atoms with Crippen LogP contribution in [-0.4, -0.2) is 38.3 Å². The van der Waals surface area contributed by atoms with Gasteiger partial charge in [0, 0.05) is 30.9 Å². The Hall–Kier alpha value is -1.88. The molecule has 0 radical (unpaired) electrons. The number of hydrogen-bond acceptors (Lipinski definition) is 4. The van der Waals surface area contributed by atoms with Gasteiger partial charge in [-0.15, -0.1) is 0 Å². The van der Waals surface area contributed by atoms with E-state index in [-0.39, 0.29) is 5.82 Å². The van der Waals surface area contributed by atoms with Gasteiger partial charge in [-0.25, -0.2) is 9.37 Å². The van der Waals surface area contributed by atoms with E-state index in [0.29, 0.717) is 24.3 Å². The molecule has 0 saturated carbocycles. The molecule has 0 unspecified atom stereocenters. The predicted molar refractivity (Wildman–Crippen MR) is 74.3 cm³/mol. The zero-order chi connectivity index (χ0) is 13.2. The fourth-order valence-corrected chi connectivity index (χ4v) is 2.46. The molecule has 3 rings (SSSR count). The highest BCUT2D eigenvalue weighted by Gasteiger charge is 2.17. The van der Waals surface area contributed by atoms with Gasteiger partial charge in [0.15, 0.2) is 0 Å². The summed E-state index contributed by atoms with van der Waals surface area (Å²) in [6.07, 6.45) is 1.69. The second kappa shape index (κ2) is 5.01. The van der Waals surface area contributed by atoms with Crippen molar-refractivity contribution in [1.29, 1.82) is 0 Å². The van der Waals surface area contributed by atoms with Crippen LogP contribution in [0.1, 0.15) is 0 Å². The molecule has 0 amide bonds. The average Bonchev–Trinajstić information content (AvgIpc) is 2.47. The molecule has 4 nitrogen and oxygen atoms in total. The Labute approximate surface area is 111 Å². The van der Waals surface area contributed by atoms with Crippen LogP contribution in [0.5, 0.6) is 0 Å². The van der Waals surface area contributed by atoms with Crippen molar-refractivity contribution in [1.82, 2.24) is 4.98 Å². The summed E-state index contributed by atoms with van der Waals surface area (Å²) >= 11 is 0. The van der Waals surface area contributed by atoms with Crippen LogP contribution in [0.25, 0.3) is 10.8 Å². The largest absolute Gasteiger partial charge is 0.386 e. The van der Waals surface area contributed by atoms with Gasteiger partial charge >= 0.3 is 0 Å². The third-order valence-electron chi connectivity index (χ3n) is 3.42. The number of pyridine rings is 1. The molecule has 19 heavy (non-hydrogen) atoms. The highest BCUT2D eigenvalue weighted by molar-refractivity contribution is 6.00. The summed E-state index contributed by atoms with van der Waals surface area (Å²) in [6.45, 7) is 2.95. The molecule has 2 aromatic rings. The van der Waals surface area contributed by atoms with Gasteiger partial charge in [-0.2, -0.15) is 0 Å². The van der Waals surface area contributed by atoms with Crippen LogP contribution in [-0.2, 0) is 4.74 Å². The zero-order valence-electron chi connectivity index (χ0n) is 10.8. The maximum Gasteiger partial charge on any atom is 0.136 e. The normalized spacial score (nSPS) is 15.8. The lowest BCUT2D eigenvalue weighted by Crippen LogP contribution is -2.36. The number of nitrogens with zero attached hydrogens (tertiary/aromatic N) is 2. The van der Waals surface area contributed by atoms with Crippen LogP contribution in [0.15, 0.2) is 24.4 Å². The predicted octanol–water partition coefficient (Wildman–Crippen LogP) is 2.25. The number of fused-ring (bicyclic) bond motifs is 1. The first-order chi connectivity index (χ1) is 9.31. The van der Waals surface area contributed by atoms with Gasteiger partial charge in [0.25, 0.3) is 0 Å². The third-order valence-corrected chi connectivity index (χ3v) is 3.42. The summed E-state index contributed by atoms with van der Waals surface area (Å²) < 4.78 is 19.4. The summed E-state index contributed by atoms with van der Waals surface area (Å²) in [6, 6.07) is 5.12. The van der Waals surface area contributed by atoms with Gasteiger partial charge in [-0.3, -0.25) is 0 Å². The molecular formula is C14H16FN3O. The Morgan fingerprint density at radius 3 is 2.84 bits per heavy atom. The molecule has 2 heterocycles. The van der Waals surface area contributed by atoms with E-state index in [9.17, 15) is 4.39 Å². The van der Waals surface area contributed by atoms with Crippen molar-refractivity contribution in [3.8, 4) is 0 Å². The van der Waals surface area contributed by atoms with Crippen molar-refractivity contribution in [3.63, 3.8) is 0 Å². The van der Waals surface area contributed by atoms with Crippen molar-refractivity contribution < 1.29 is 9.13 Å². The number of ether oxygens (including phenoxy) is 1. The average molecular weight is 261 g/mol. The quantitative estimate of drug-likeness (QED) is 0.899. The second-order valence-corrected chi connectivity index (χ2v) is 4.51. The molecule has 100 valence electrons. The van der Waals surface area contributed by atoms with E-state index in [1.807, 2.05) is 6.07 Å². The van der Waals surface area contributed by atoms with Crippen LogP contribution in [0.4, 0.5) is 15.9 Å². The molecule has 1 fully saturated rings. The smallest absolute Gasteiger partial charge is 0.136 e. The first-order valence-corrected chi connectivity index (χ1v) is 6.39. The van der Waals surface area contributed by atoms with Gasteiger partial charge < -0.3 is 15.0 Å². The number of aromatic nitrogens is 1. The molecule has 0 bridgehead atoms. The van der Waals surface area contributed by atoms with Gasteiger partial charge in [-0.1, -0.05) is 12.1 Å². The fraction of sp³-hybridized carbons (Fsp3) is 0.357. The number of halogens is 1. The van der Waals surface area contributed by atoms with E-state index >= 15 is 0 Å². The van der Waals surface area contributed by atoms with E-state index in [2.05, 4.69) is 15.2 Å². The van der Waals surface area contributed by atoms with Crippen molar-refractivity contribution in [2.75, 3.05) is 43.6 Å². The first kappa shape index (κ1) is 12.2. The van der Waals surface area contributed by atoms with Gasteiger partial charge in [0.05, 0.1) is 25.1 Å². The first-order valence-electron chi connectivity index (χ1n) is 6.39. The van der Waals surface area contributed by atoms with Gasteiger partial charge in [0.1, 0.15) is 11.6 Å². The number of morpholine rings is 1. The number of anilines is 2. The molecule has 1 aliphatic heterocycles. The van der Waals surface area contributed by atoms with Crippen LogP contribution in [0.2, 0.25) is 0 Å². The highest BCUT2D eigenvalue weighted by atomic mass is 19.1. The highest BCUT2D eigenvalue weighted by Crippen LogP contribution is 2.32. The lowest BCUT2D eigenvalue weighted by molar-refractivity contribution is 0.122. The fourth-order valence-electron chi connectivity index (χ4n) is 2.46. The van der Waals surface area contributed by atoms with E-state index in [4.69, 9.17) is 4.74 Å². The zero-order valence-corrected chi connectivity index (χ0v) is 10.8. The Bertz CT molecular complexity index is 597. The monoisotopic (exact) mass is 261 g/mol. The number of rotatable bonds is 2. The Morgan fingerprint density at radius 1 is 1.32 bits per heavy atom. The summed E-state index contributed by atoms with van der Waals surface area (Å²) in [7, 11) is 1.78. The van der Waals surface area contributed by atoms with E-state index in [1.54, 1.807) is 19.3 Å². The maximum atomic E-state index is 14.1.